The zero-order valence-electron chi connectivity index (χ0n) is 11.2. The first kappa shape index (κ1) is 13.1. The number of hydrogen-bond donors (Lipinski definition) is 1. The van der Waals surface area contributed by atoms with Crippen LogP contribution in [0.1, 0.15) is 36.2 Å². The standard InChI is InChI=1S/C15H22N2O/c1-11(2)14-6-7-17(10-14)15(18)13-5-3-4-12(8-13)9-16/h3-5,8,11,14H,6-7,9-10,16H2,1-2H3. The Bertz CT molecular complexity index is 428. The lowest BCUT2D eigenvalue weighted by molar-refractivity contribution is 0.0784. The molecule has 2 N–H and O–H groups in total. The number of carbonyl (C=O) groups is 1. The summed E-state index contributed by atoms with van der Waals surface area (Å²) in [4.78, 5) is 14.3. The number of amides is 1. The second-order valence-corrected chi connectivity index (χ2v) is 5.45. The Morgan fingerprint density at radius 1 is 1.50 bits per heavy atom. The van der Waals surface area contributed by atoms with Gasteiger partial charge in [0.25, 0.3) is 5.91 Å². The molecule has 18 heavy (non-hydrogen) atoms. The Hall–Kier alpha value is -1.35. The largest absolute Gasteiger partial charge is 0.338 e. The van der Waals surface area contributed by atoms with Crippen molar-refractivity contribution in [1.82, 2.24) is 4.90 Å². The van der Waals surface area contributed by atoms with Crippen LogP contribution in [0.4, 0.5) is 0 Å². The molecule has 1 fully saturated rings. The number of rotatable bonds is 3. The van der Waals surface area contributed by atoms with Crippen molar-refractivity contribution in [2.45, 2.75) is 26.8 Å². The summed E-state index contributed by atoms with van der Waals surface area (Å²) in [6, 6.07) is 7.65. The van der Waals surface area contributed by atoms with E-state index in [-0.39, 0.29) is 5.91 Å². The van der Waals surface area contributed by atoms with Gasteiger partial charge in [-0.15, -0.1) is 0 Å². The van der Waals surface area contributed by atoms with E-state index in [0.717, 1.165) is 30.6 Å². The molecule has 1 aliphatic heterocycles. The zero-order valence-corrected chi connectivity index (χ0v) is 11.2. The predicted molar refractivity (Wildman–Crippen MR) is 73.2 cm³/mol. The predicted octanol–water partition coefficient (Wildman–Crippen LogP) is 2.26. The highest BCUT2D eigenvalue weighted by atomic mass is 16.2. The molecule has 3 nitrogen and oxygen atoms in total. The molecule has 3 heteroatoms. The number of nitrogens with zero attached hydrogens (tertiary/aromatic N) is 1. The molecule has 0 radical (unpaired) electrons. The maximum Gasteiger partial charge on any atom is 0.253 e. The Labute approximate surface area is 109 Å². The van der Waals surface area contributed by atoms with Gasteiger partial charge < -0.3 is 10.6 Å². The van der Waals surface area contributed by atoms with E-state index < -0.39 is 0 Å². The Balaban J connectivity index is 2.08. The maximum atomic E-state index is 12.4. The molecule has 0 bridgehead atoms. The fourth-order valence-electron chi connectivity index (χ4n) is 2.53. The monoisotopic (exact) mass is 246 g/mol. The van der Waals surface area contributed by atoms with E-state index in [9.17, 15) is 4.79 Å². The molecule has 0 spiro atoms. The lowest BCUT2D eigenvalue weighted by Crippen LogP contribution is -2.29. The van der Waals surface area contributed by atoms with Crippen molar-refractivity contribution in [2.75, 3.05) is 13.1 Å². The third-order valence-electron chi connectivity index (χ3n) is 3.86. The summed E-state index contributed by atoms with van der Waals surface area (Å²) < 4.78 is 0. The lowest BCUT2D eigenvalue weighted by atomic mass is 9.95. The van der Waals surface area contributed by atoms with Crippen molar-refractivity contribution in [1.29, 1.82) is 0 Å². The molecule has 98 valence electrons. The molecule has 1 aliphatic rings. The van der Waals surface area contributed by atoms with Crippen LogP contribution in [0.15, 0.2) is 24.3 Å². The molecule has 2 rings (SSSR count). The Morgan fingerprint density at radius 3 is 2.89 bits per heavy atom. The highest BCUT2D eigenvalue weighted by molar-refractivity contribution is 5.94. The van der Waals surface area contributed by atoms with E-state index in [4.69, 9.17) is 5.73 Å². The molecule has 1 unspecified atom stereocenters. The molecule has 1 atom stereocenters. The number of nitrogens with two attached hydrogens (primary N) is 1. The normalized spacial score (nSPS) is 19.6. The number of benzene rings is 1. The van der Waals surface area contributed by atoms with Crippen molar-refractivity contribution in [3.63, 3.8) is 0 Å². The van der Waals surface area contributed by atoms with E-state index in [1.807, 2.05) is 29.2 Å². The first-order valence-corrected chi connectivity index (χ1v) is 6.70. The molecule has 0 saturated carbocycles. The van der Waals surface area contributed by atoms with Crippen LogP contribution in [-0.2, 0) is 6.54 Å². The summed E-state index contributed by atoms with van der Waals surface area (Å²) in [5.74, 6) is 1.44. The molecule has 1 heterocycles. The van der Waals surface area contributed by atoms with Gasteiger partial charge in [0, 0.05) is 25.2 Å². The summed E-state index contributed by atoms with van der Waals surface area (Å²) in [5, 5.41) is 0. The van der Waals surface area contributed by atoms with E-state index in [1.54, 1.807) is 0 Å². The van der Waals surface area contributed by atoms with E-state index >= 15 is 0 Å². The molecule has 1 amide bonds. The minimum atomic E-state index is 0.147. The first-order valence-electron chi connectivity index (χ1n) is 6.70. The van der Waals surface area contributed by atoms with Crippen molar-refractivity contribution in [3.8, 4) is 0 Å². The van der Waals surface area contributed by atoms with Gasteiger partial charge in [-0.1, -0.05) is 26.0 Å². The van der Waals surface area contributed by atoms with Crippen LogP contribution in [0.25, 0.3) is 0 Å². The van der Waals surface area contributed by atoms with Gasteiger partial charge in [0.05, 0.1) is 0 Å². The summed E-state index contributed by atoms with van der Waals surface area (Å²) in [6.45, 7) is 6.72. The molecule has 0 aromatic heterocycles. The fourth-order valence-corrected chi connectivity index (χ4v) is 2.53. The van der Waals surface area contributed by atoms with Gasteiger partial charge in [0.15, 0.2) is 0 Å². The zero-order chi connectivity index (χ0) is 13.1. The summed E-state index contributed by atoms with van der Waals surface area (Å²) in [6.07, 6.45) is 1.12. The smallest absolute Gasteiger partial charge is 0.253 e. The van der Waals surface area contributed by atoms with E-state index in [1.165, 1.54) is 0 Å². The van der Waals surface area contributed by atoms with Gasteiger partial charge in [0.1, 0.15) is 0 Å². The van der Waals surface area contributed by atoms with Crippen molar-refractivity contribution >= 4 is 5.91 Å². The summed E-state index contributed by atoms with van der Waals surface area (Å²) in [7, 11) is 0. The van der Waals surface area contributed by atoms with Crippen LogP contribution >= 0.6 is 0 Å². The third kappa shape index (κ3) is 2.72. The minimum absolute atomic E-state index is 0.147. The quantitative estimate of drug-likeness (QED) is 0.889. The van der Waals surface area contributed by atoms with Gasteiger partial charge in [0.2, 0.25) is 0 Å². The van der Waals surface area contributed by atoms with Gasteiger partial charge in [-0.2, -0.15) is 0 Å². The SMILES string of the molecule is CC(C)C1CCN(C(=O)c2cccc(CN)c2)C1. The van der Waals surface area contributed by atoms with Crippen molar-refractivity contribution < 1.29 is 4.79 Å². The van der Waals surface area contributed by atoms with E-state index in [2.05, 4.69) is 13.8 Å². The van der Waals surface area contributed by atoms with Crippen LogP contribution in [0.5, 0.6) is 0 Å². The van der Waals surface area contributed by atoms with Gasteiger partial charge in [-0.05, 0) is 36.0 Å². The van der Waals surface area contributed by atoms with Crippen LogP contribution in [0, 0.1) is 11.8 Å². The molecule has 0 aliphatic carbocycles. The summed E-state index contributed by atoms with van der Waals surface area (Å²) in [5.41, 5.74) is 7.39. The molecular weight excluding hydrogens is 224 g/mol. The Morgan fingerprint density at radius 2 is 2.28 bits per heavy atom. The number of carbonyl (C=O) groups excluding carboxylic acids is 1. The fraction of sp³-hybridized carbons (Fsp3) is 0.533. The van der Waals surface area contributed by atoms with E-state index in [0.29, 0.717) is 18.4 Å². The Kier molecular flexibility index (Phi) is 4.02. The topological polar surface area (TPSA) is 46.3 Å². The maximum absolute atomic E-state index is 12.4. The molecule has 1 saturated heterocycles. The van der Waals surface area contributed by atoms with Gasteiger partial charge in [-0.25, -0.2) is 0 Å². The number of likely N-dealkylation sites (tertiary alicyclic amines) is 1. The highest BCUT2D eigenvalue weighted by Crippen LogP contribution is 2.25. The van der Waals surface area contributed by atoms with Crippen LogP contribution in [0.3, 0.4) is 0 Å². The molecule has 1 aromatic rings. The van der Waals surface area contributed by atoms with Crippen molar-refractivity contribution in [3.05, 3.63) is 35.4 Å². The van der Waals surface area contributed by atoms with Crippen LogP contribution < -0.4 is 5.73 Å². The average Bonchev–Trinajstić information content (AvgIpc) is 2.87. The summed E-state index contributed by atoms with van der Waals surface area (Å²) >= 11 is 0. The highest BCUT2D eigenvalue weighted by Gasteiger charge is 2.28. The first-order chi connectivity index (χ1) is 8.61. The second kappa shape index (κ2) is 5.53. The molecule has 1 aromatic carbocycles. The second-order valence-electron chi connectivity index (χ2n) is 5.45. The average molecular weight is 246 g/mol. The van der Waals surface area contributed by atoms with Gasteiger partial charge in [-0.3, -0.25) is 4.79 Å². The third-order valence-corrected chi connectivity index (χ3v) is 3.86. The lowest BCUT2D eigenvalue weighted by Gasteiger charge is -2.18. The van der Waals surface area contributed by atoms with Crippen LogP contribution in [0.2, 0.25) is 0 Å². The van der Waals surface area contributed by atoms with Gasteiger partial charge >= 0.3 is 0 Å². The van der Waals surface area contributed by atoms with Crippen LogP contribution in [-0.4, -0.2) is 23.9 Å². The number of hydrogen-bond acceptors (Lipinski definition) is 2. The molecular formula is C15H22N2O. The minimum Gasteiger partial charge on any atom is -0.338 e. The van der Waals surface area contributed by atoms with Crippen molar-refractivity contribution in [2.24, 2.45) is 17.6 Å².